The number of pyridine rings is 1. The van der Waals surface area contributed by atoms with Gasteiger partial charge in [-0.3, -0.25) is 19.3 Å². The molecule has 0 bridgehead atoms. The average molecular weight is 435 g/mol. The Labute approximate surface area is 188 Å². The van der Waals surface area contributed by atoms with Crippen LogP contribution in [0, 0.1) is 5.92 Å². The van der Waals surface area contributed by atoms with Crippen molar-refractivity contribution in [3.05, 3.63) is 45.2 Å². The van der Waals surface area contributed by atoms with Crippen molar-refractivity contribution < 1.29 is 14.3 Å². The van der Waals surface area contributed by atoms with Crippen molar-refractivity contribution in [2.24, 2.45) is 5.92 Å². The Hall–Kier alpha value is -2.76. The second kappa shape index (κ2) is 6.87. The van der Waals surface area contributed by atoms with Gasteiger partial charge in [0.1, 0.15) is 0 Å². The van der Waals surface area contributed by atoms with Gasteiger partial charge in [-0.15, -0.1) is 0 Å². The first-order valence-corrected chi connectivity index (χ1v) is 11.9. The molecule has 2 fully saturated rings. The molecule has 1 atom stereocenters. The number of Topliss-reactive ketones (excluding diaryl/α,β-unsaturated/α-hetero) is 1. The summed E-state index contributed by atoms with van der Waals surface area (Å²) in [4.78, 5) is 25.0. The zero-order valence-electron chi connectivity index (χ0n) is 19.1. The van der Waals surface area contributed by atoms with Crippen LogP contribution in [0.1, 0.15) is 80.4 Å². The van der Waals surface area contributed by atoms with Gasteiger partial charge in [0.25, 0.3) is 0 Å². The Morgan fingerprint density at radius 3 is 2.81 bits per heavy atom. The number of hydrogen-bond acceptors (Lipinski definition) is 5. The molecule has 0 radical (unpaired) electrons. The third-order valence-corrected chi connectivity index (χ3v) is 7.66. The van der Waals surface area contributed by atoms with Crippen LogP contribution in [0.5, 0.6) is 11.5 Å². The molecule has 0 N–H and O–H groups in total. The van der Waals surface area contributed by atoms with Gasteiger partial charge >= 0.3 is 0 Å². The molecule has 1 aromatic carbocycles. The minimum absolute atomic E-state index is 0.0945. The monoisotopic (exact) mass is 434 g/mol. The molecule has 168 valence electrons. The summed E-state index contributed by atoms with van der Waals surface area (Å²) in [7, 11) is 0. The van der Waals surface area contributed by atoms with Gasteiger partial charge in [0.15, 0.2) is 22.7 Å². The fourth-order valence-electron chi connectivity index (χ4n) is 5.81. The summed E-state index contributed by atoms with van der Waals surface area (Å²) >= 11 is 0. The Kier molecular flexibility index (Phi) is 4.27. The van der Waals surface area contributed by atoms with Crippen LogP contribution in [-0.2, 0) is 6.42 Å². The molecule has 0 spiro atoms. The molecular formula is C26H30N2O4. The lowest BCUT2D eigenvalue weighted by atomic mass is 9.88. The van der Waals surface area contributed by atoms with E-state index >= 15 is 0 Å². The lowest BCUT2D eigenvalue weighted by molar-refractivity contribution is 0.101. The quantitative estimate of drug-likeness (QED) is 0.653. The number of aromatic nitrogens is 1. The third-order valence-electron chi connectivity index (χ3n) is 7.66. The standard InChI is InChI=1S/C26H30N2O4/c1-15(29)19-14-27-21(13-22(19)30)24-17-8-11-32-25(17)23(31-10-7-16-4-5-16)12-18(24)20-6-9-26(2,3)28(20)27/h12-14,16,20H,4-11H2,1-3H3. The molecule has 1 unspecified atom stereocenters. The Bertz CT molecular complexity index is 1190. The number of carbonyl (C=O) groups excluding carboxylic acids is 1. The molecule has 3 aliphatic heterocycles. The van der Waals surface area contributed by atoms with Crippen LogP contribution in [0.2, 0.25) is 0 Å². The molecule has 1 aliphatic carbocycles. The van der Waals surface area contributed by atoms with E-state index in [1.807, 2.05) is 0 Å². The van der Waals surface area contributed by atoms with Crippen LogP contribution in [-0.4, -0.2) is 29.2 Å². The van der Waals surface area contributed by atoms with Gasteiger partial charge in [0, 0.05) is 29.8 Å². The Balaban J connectivity index is 1.55. The van der Waals surface area contributed by atoms with Gasteiger partial charge < -0.3 is 9.47 Å². The highest BCUT2D eigenvalue weighted by atomic mass is 16.5. The topological polar surface area (TPSA) is 60.8 Å². The van der Waals surface area contributed by atoms with Crippen LogP contribution in [0.25, 0.3) is 11.3 Å². The van der Waals surface area contributed by atoms with Crippen molar-refractivity contribution in [3.63, 3.8) is 0 Å². The molecule has 4 aliphatic rings. The molecule has 0 amide bonds. The van der Waals surface area contributed by atoms with Crippen molar-refractivity contribution in [2.75, 3.05) is 18.2 Å². The van der Waals surface area contributed by atoms with Crippen molar-refractivity contribution >= 4 is 5.78 Å². The molecular weight excluding hydrogens is 404 g/mol. The summed E-state index contributed by atoms with van der Waals surface area (Å²) in [5.74, 6) is 2.30. The lowest BCUT2D eigenvalue weighted by Crippen LogP contribution is -2.50. The number of rotatable bonds is 5. The summed E-state index contributed by atoms with van der Waals surface area (Å²) in [6, 6.07) is 3.98. The maximum atomic E-state index is 12.9. The van der Waals surface area contributed by atoms with Gasteiger partial charge in [-0.2, -0.15) is 0 Å². The second-order valence-corrected chi connectivity index (χ2v) is 10.4. The maximum Gasteiger partial charge on any atom is 0.193 e. The van der Waals surface area contributed by atoms with Crippen molar-refractivity contribution in [1.82, 2.24) is 4.68 Å². The molecule has 2 aromatic rings. The lowest BCUT2D eigenvalue weighted by Gasteiger charge is -2.45. The fraction of sp³-hybridized carbons (Fsp3) is 0.538. The molecule has 6 heteroatoms. The van der Waals surface area contributed by atoms with E-state index < -0.39 is 0 Å². The number of carbonyl (C=O) groups is 1. The molecule has 1 saturated heterocycles. The maximum absolute atomic E-state index is 12.9. The Morgan fingerprint density at radius 1 is 1.25 bits per heavy atom. The van der Waals surface area contributed by atoms with Gasteiger partial charge in [0.2, 0.25) is 0 Å². The summed E-state index contributed by atoms with van der Waals surface area (Å²) in [6.07, 6.45) is 8.35. The molecule has 4 heterocycles. The minimum atomic E-state index is -0.220. The van der Waals surface area contributed by atoms with E-state index in [1.165, 1.54) is 25.3 Å². The van der Waals surface area contributed by atoms with E-state index in [0.29, 0.717) is 6.61 Å². The zero-order chi connectivity index (χ0) is 22.2. The van der Waals surface area contributed by atoms with Crippen LogP contribution < -0.4 is 19.9 Å². The van der Waals surface area contributed by atoms with Gasteiger partial charge in [-0.05, 0) is 57.6 Å². The van der Waals surface area contributed by atoms with Gasteiger partial charge in [-0.25, -0.2) is 0 Å². The fourth-order valence-corrected chi connectivity index (χ4v) is 5.81. The van der Waals surface area contributed by atoms with Crippen LogP contribution >= 0.6 is 0 Å². The molecule has 1 aromatic heterocycles. The first kappa shape index (κ1) is 19.9. The summed E-state index contributed by atoms with van der Waals surface area (Å²) in [6.45, 7) is 7.27. The number of ketones is 1. The predicted octanol–water partition coefficient (Wildman–Crippen LogP) is 4.40. The highest BCUT2D eigenvalue weighted by molar-refractivity contribution is 5.94. The predicted molar refractivity (Wildman–Crippen MR) is 122 cm³/mol. The zero-order valence-corrected chi connectivity index (χ0v) is 19.1. The van der Waals surface area contributed by atoms with Crippen molar-refractivity contribution in [3.8, 4) is 22.8 Å². The van der Waals surface area contributed by atoms with Crippen LogP contribution in [0.15, 0.2) is 23.1 Å². The van der Waals surface area contributed by atoms with Crippen molar-refractivity contribution in [1.29, 1.82) is 0 Å². The molecule has 6 rings (SSSR count). The number of ether oxygens (including phenoxy) is 2. The van der Waals surface area contributed by atoms with E-state index in [4.69, 9.17) is 9.47 Å². The molecule has 6 nitrogen and oxygen atoms in total. The first-order chi connectivity index (χ1) is 15.3. The van der Waals surface area contributed by atoms with Gasteiger partial charge in [0.05, 0.1) is 36.1 Å². The van der Waals surface area contributed by atoms with E-state index in [9.17, 15) is 9.59 Å². The molecule has 32 heavy (non-hydrogen) atoms. The number of fused-ring (bicyclic) bond motifs is 8. The first-order valence-electron chi connectivity index (χ1n) is 11.9. The molecule has 1 saturated carbocycles. The van der Waals surface area contributed by atoms with E-state index in [-0.39, 0.29) is 28.4 Å². The number of nitrogens with zero attached hydrogens (tertiary/aromatic N) is 2. The summed E-state index contributed by atoms with van der Waals surface area (Å²) in [5.41, 5.74) is 4.23. The van der Waals surface area contributed by atoms with E-state index in [1.54, 1.807) is 12.3 Å². The van der Waals surface area contributed by atoms with E-state index in [0.717, 1.165) is 66.5 Å². The highest BCUT2D eigenvalue weighted by Gasteiger charge is 2.46. The highest BCUT2D eigenvalue weighted by Crippen LogP contribution is 2.53. The minimum Gasteiger partial charge on any atom is -0.490 e. The largest absolute Gasteiger partial charge is 0.490 e. The summed E-state index contributed by atoms with van der Waals surface area (Å²) in [5, 5.41) is 2.35. The van der Waals surface area contributed by atoms with Gasteiger partial charge in [-0.1, -0.05) is 12.8 Å². The van der Waals surface area contributed by atoms with Crippen molar-refractivity contribution in [2.45, 2.75) is 70.9 Å². The number of hydrogen-bond donors (Lipinski definition) is 0. The smallest absolute Gasteiger partial charge is 0.193 e. The number of benzene rings is 1. The SMILES string of the molecule is CC(=O)c1cn2c(cc1=O)-c1c(cc(OCCC3CC3)c3c1CCO3)C1CCC(C)(C)N12. The average Bonchev–Trinajstić information content (AvgIpc) is 3.32. The second-order valence-electron chi connectivity index (χ2n) is 10.4. The normalized spacial score (nSPS) is 22.0. The third kappa shape index (κ3) is 2.91. The van der Waals surface area contributed by atoms with Crippen LogP contribution in [0.4, 0.5) is 0 Å². The Morgan fingerprint density at radius 2 is 2.06 bits per heavy atom. The summed E-state index contributed by atoms with van der Waals surface area (Å²) < 4.78 is 14.4. The van der Waals surface area contributed by atoms with E-state index in [2.05, 4.69) is 29.6 Å². The van der Waals surface area contributed by atoms with Crippen LogP contribution in [0.3, 0.4) is 0 Å².